The van der Waals surface area contributed by atoms with Gasteiger partial charge in [-0.2, -0.15) is 0 Å². The second-order valence-electron chi connectivity index (χ2n) is 7.99. The van der Waals surface area contributed by atoms with Gasteiger partial charge in [0.25, 0.3) is 0 Å². The van der Waals surface area contributed by atoms with E-state index >= 15 is 0 Å². The van der Waals surface area contributed by atoms with E-state index in [4.69, 9.17) is 0 Å². The van der Waals surface area contributed by atoms with Crippen LogP contribution in [0.15, 0.2) is 36.1 Å². The Labute approximate surface area is 191 Å². The van der Waals surface area contributed by atoms with E-state index in [2.05, 4.69) is 31.7 Å². The lowest BCUT2D eigenvalue weighted by atomic mass is 10.1. The van der Waals surface area contributed by atoms with E-state index in [1.54, 1.807) is 22.9 Å². The van der Waals surface area contributed by atoms with Crippen LogP contribution in [0.5, 0.6) is 0 Å². The number of urea groups is 1. The van der Waals surface area contributed by atoms with Crippen molar-refractivity contribution in [2.75, 3.05) is 18.4 Å². The highest BCUT2D eigenvalue weighted by molar-refractivity contribution is 7.19. The fourth-order valence-corrected chi connectivity index (χ4v) is 5.52. The fourth-order valence-electron chi connectivity index (χ4n) is 3.80. The quantitative estimate of drug-likeness (QED) is 0.435. The van der Waals surface area contributed by atoms with Gasteiger partial charge in [-0.3, -0.25) is 0 Å². The van der Waals surface area contributed by atoms with Crippen molar-refractivity contribution in [3.63, 3.8) is 0 Å². The number of thiazole rings is 1. The van der Waals surface area contributed by atoms with E-state index in [0.717, 1.165) is 56.7 Å². The molecule has 0 radical (unpaired) electrons. The van der Waals surface area contributed by atoms with Gasteiger partial charge >= 0.3 is 6.03 Å². The first-order valence-corrected chi connectivity index (χ1v) is 12.1. The van der Waals surface area contributed by atoms with Gasteiger partial charge < -0.3 is 15.5 Å². The van der Waals surface area contributed by atoms with E-state index in [1.165, 1.54) is 23.7 Å². The molecule has 0 spiro atoms. The van der Waals surface area contributed by atoms with Crippen molar-refractivity contribution in [1.29, 1.82) is 0 Å². The van der Waals surface area contributed by atoms with Crippen LogP contribution in [-0.4, -0.2) is 45.0 Å². The Morgan fingerprint density at radius 3 is 2.97 bits per heavy atom. The van der Waals surface area contributed by atoms with Crippen LogP contribution < -0.4 is 10.6 Å². The summed E-state index contributed by atoms with van der Waals surface area (Å²) in [6.07, 6.45) is 6.63. The highest BCUT2D eigenvalue weighted by Gasteiger charge is 2.27. The number of amides is 2. The van der Waals surface area contributed by atoms with Crippen molar-refractivity contribution in [1.82, 2.24) is 25.2 Å². The van der Waals surface area contributed by atoms with Crippen molar-refractivity contribution in [2.24, 2.45) is 0 Å². The van der Waals surface area contributed by atoms with Crippen LogP contribution in [0.3, 0.4) is 0 Å². The van der Waals surface area contributed by atoms with E-state index in [1.807, 2.05) is 11.0 Å². The number of hydrogen-bond donors (Lipinski definition) is 2. The summed E-state index contributed by atoms with van der Waals surface area (Å²) in [4.78, 5) is 29.2. The smallest absolute Gasteiger partial charge is 0.317 e. The minimum atomic E-state index is -0.351. The molecule has 162 valence electrons. The topological polar surface area (TPSA) is 83.0 Å². The molecule has 1 aliphatic carbocycles. The molecule has 4 aromatic rings. The average Bonchev–Trinajstić information content (AvgIpc) is 3.31. The molecule has 2 N–H and O–H groups in total. The molecule has 0 saturated heterocycles. The predicted octanol–water partition coefficient (Wildman–Crippen LogP) is 5.14. The SMILES string of the molecule is O=C(NC1CC1)N1CCC=C(c2cc3c(Nc4cc5ncsc5cc4F)ncnc3s2)C1. The Bertz CT molecular complexity index is 1380. The van der Waals surface area contributed by atoms with Gasteiger partial charge in [-0.25, -0.2) is 24.1 Å². The molecule has 2 amide bonds. The van der Waals surface area contributed by atoms with Crippen LogP contribution >= 0.6 is 22.7 Å². The Kier molecular flexibility index (Phi) is 4.76. The van der Waals surface area contributed by atoms with Crippen LogP contribution in [0.1, 0.15) is 24.1 Å². The van der Waals surface area contributed by atoms with Crippen LogP contribution in [0.4, 0.5) is 20.7 Å². The Balaban J connectivity index is 1.28. The first kappa shape index (κ1) is 19.6. The number of halogens is 1. The standard InChI is InChI=1S/C22H19FN6OS2/c23-15-7-19-17(26-11-31-19)8-16(15)28-20-14-6-18(32-21(14)25-10-24-20)12-2-1-5-29(9-12)22(30)27-13-3-4-13/h2,6-8,10-11,13H,1,3-5,9H2,(H,27,30)(H,24,25,28). The summed E-state index contributed by atoms with van der Waals surface area (Å²) in [6, 6.07) is 5.56. The van der Waals surface area contributed by atoms with Crippen molar-refractivity contribution in [2.45, 2.75) is 25.3 Å². The van der Waals surface area contributed by atoms with Crippen molar-refractivity contribution >= 4 is 66.2 Å². The number of benzene rings is 1. The van der Waals surface area contributed by atoms with Gasteiger partial charge in [-0.1, -0.05) is 6.08 Å². The van der Waals surface area contributed by atoms with Gasteiger partial charge in [-0.05, 0) is 43.0 Å². The molecule has 1 aromatic carbocycles. The van der Waals surface area contributed by atoms with E-state index in [9.17, 15) is 9.18 Å². The molecule has 10 heteroatoms. The number of anilines is 2. The number of aromatic nitrogens is 3. The predicted molar refractivity (Wildman–Crippen MR) is 126 cm³/mol. The minimum Gasteiger partial charge on any atom is -0.337 e. The first-order valence-electron chi connectivity index (χ1n) is 10.4. The van der Waals surface area contributed by atoms with Crippen LogP contribution in [-0.2, 0) is 0 Å². The van der Waals surface area contributed by atoms with Crippen molar-refractivity contribution in [3.05, 3.63) is 46.8 Å². The van der Waals surface area contributed by atoms with Gasteiger partial charge in [0.15, 0.2) is 0 Å². The maximum atomic E-state index is 14.6. The van der Waals surface area contributed by atoms with Crippen LogP contribution in [0, 0.1) is 5.82 Å². The molecule has 7 nitrogen and oxygen atoms in total. The first-order chi connectivity index (χ1) is 15.6. The molecule has 32 heavy (non-hydrogen) atoms. The lowest BCUT2D eigenvalue weighted by Gasteiger charge is -2.27. The number of nitrogens with one attached hydrogen (secondary N) is 2. The lowest BCUT2D eigenvalue weighted by Crippen LogP contribution is -2.43. The van der Waals surface area contributed by atoms with Crippen LogP contribution in [0.2, 0.25) is 0 Å². The zero-order chi connectivity index (χ0) is 21.7. The second kappa shape index (κ2) is 7.79. The van der Waals surface area contributed by atoms with Gasteiger partial charge in [0.05, 0.1) is 26.8 Å². The number of nitrogens with zero attached hydrogens (tertiary/aromatic N) is 4. The van der Waals surface area contributed by atoms with Crippen LogP contribution in [0.25, 0.3) is 26.0 Å². The number of thiophene rings is 1. The van der Waals surface area contributed by atoms with E-state index in [-0.39, 0.29) is 11.8 Å². The number of fused-ring (bicyclic) bond motifs is 2. The van der Waals surface area contributed by atoms with Crippen molar-refractivity contribution in [3.8, 4) is 0 Å². The van der Waals surface area contributed by atoms with E-state index < -0.39 is 0 Å². The Hall–Kier alpha value is -3.11. The largest absolute Gasteiger partial charge is 0.337 e. The molecule has 6 rings (SSSR count). The summed E-state index contributed by atoms with van der Waals surface area (Å²) in [7, 11) is 0. The van der Waals surface area contributed by atoms with Gasteiger partial charge in [0.2, 0.25) is 0 Å². The number of rotatable bonds is 4. The van der Waals surface area contributed by atoms with Gasteiger partial charge in [-0.15, -0.1) is 22.7 Å². The van der Waals surface area contributed by atoms with E-state index in [0.29, 0.717) is 24.1 Å². The molecular weight excluding hydrogens is 447 g/mol. The zero-order valence-electron chi connectivity index (χ0n) is 17.0. The minimum absolute atomic E-state index is 0.00858. The van der Waals surface area contributed by atoms with Gasteiger partial charge in [0.1, 0.15) is 22.8 Å². The molecule has 1 fully saturated rings. The average molecular weight is 467 g/mol. The maximum absolute atomic E-state index is 14.6. The molecule has 1 aliphatic heterocycles. The number of carbonyl (C=O) groups is 1. The molecule has 1 saturated carbocycles. The highest BCUT2D eigenvalue weighted by atomic mass is 32.1. The molecular formula is C22H19FN6OS2. The molecule has 2 aliphatic rings. The fraction of sp³-hybridized carbons (Fsp3) is 0.273. The molecule has 3 aromatic heterocycles. The molecule has 0 bridgehead atoms. The maximum Gasteiger partial charge on any atom is 0.317 e. The van der Waals surface area contributed by atoms with Gasteiger partial charge in [0, 0.05) is 24.0 Å². The zero-order valence-corrected chi connectivity index (χ0v) is 18.6. The monoisotopic (exact) mass is 466 g/mol. The summed E-state index contributed by atoms with van der Waals surface area (Å²) in [5.41, 5.74) is 3.88. The summed E-state index contributed by atoms with van der Waals surface area (Å²) >= 11 is 2.96. The highest BCUT2D eigenvalue weighted by Crippen LogP contribution is 2.36. The molecule has 0 atom stereocenters. The lowest BCUT2D eigenvalue weighted by molar-refractivity contribution is 0.203. The third-order valence-corrected chi connectivity index (χ3v) is 7.57. The molecule has 0 unspecified atom stereocenters. The Morgan fingerprint density at radius 2 is 2.09 bits per heavy atom. The number of hydrogen-bond acceptors (Lipinski definition) is 7. The van der Waals surface area contributed by atoms with Crippen molar-refractivity contribution < 1.29 is 9.18 Å². The number of carbonyl (C=O) groups excluding carboxylic acids is 1. The molecule has 4 heterocycles. The third kappa shape index (κ3) is 3.69. The summed E-state index contributed by atoms with van der Waals surface area (Å²) in [5.74, 6) is 0.196. The summed E-state index contributed by atoms with van der Waals surface area (Å²) in [5, 5.41) is 7.01. The summed E-state index contributed by atoms with van der Waals surface area (Å²) in [6.45, 7) is 1.29. The summed E-state index contributed by atoms with van der Waals surface area (Å²) < 4.78 is 15.4. The third-order valence-electron chi connectivity index (χ3n) is 5.66. The Morgan fingerprint density at radius 1 is 1.19 bits per heavy atom. The second-order valence-corrected chi connectivity index (χ2v) is 9.91. The normalized spacial score (nSPS) is 16.4.